The molecule has 0 aromatic rings. The van der Waals surface area contributed by atoms with Crippen LogP contribution < -0.4 is 0 Å². The molecule has 0 N–H and O–H groups in total. The zero-order valence-electron chi connectivity index (χ0n) is 48.3. The van der Waals surface area contributed by atoms with E-state index in [-0.39, 0.29) is 31.1 Å². The second-order valence-corrected chi connectivity index (χ2v) is 19.5. The molecule has 0 rings (SSSR count). The molecule has 0 saturated heterocycles. The first-order valence-corrected chi connectivity index (χ1v) is 30.3. The third-order valence-corrected chi connectivity index (χ3v) is 12.3. The summed E-state index contributed by atoms with van der Waals surface area (Å²) in [7, 11) is 0. The first-order chi connectivity index (χ1) is 37.0. The molecule has 0 amide bonds. The average molecular weight is 1040 g/mol. The predicted octanol–water partition coefficient (Wildman–Crippen LogP) is 20.8. The lowest BCUT2D eigenvalue weighted by Gasteiger charge is -2.18. The number of carbonyl (C=O) groups is 3. The zero-order chi connectivity index (χ0) is 54.3. The van der Waals surface area contributed by atoms with Crippen molar-refractivity contribution in [2.75, 3.05) is 13.2 Å². The molecule has 6 nitrogen and oxygen atoms in total. The summed E-state index contributed by atoms with van der Waals surface area (Å²) < 4.78 is 16.9. The summed E-state index contributed by atoms with van der Waals surface area (Å²) in [5.74, 6) is -0.947. The molecule has 0 heterocycles. The third kappa shape index (κ3) is 60.0. The van der Waals surface area contributed by atoms with Gasteiger partial charge in [-0.15, -0.1) is 0 Å². The van der Waals surface area contributed by atoms with Crippen molar-refractivity contribution in [2.24, 2.45) is 0 Å². The topological polar surface area (TPSA) is 78.9 Å². The zero-order valence-corrected chi connectivity index (χ0v) is 48.3. The van der Waals surface area contributed by atoms with Crippen LogP contribution >= 0.6 is 0 Å². The number of hydrogen-bond acceptors (Lipinski definition) is 6. The van der Waals surface area contributed by atoms with Gasteiger partial charge in [-0.2, -0.15) is 0 Å². The largest absolute Gasteiger partial charge is 0.462 e. The molecular weight excluding hydrogens is 925 g/mol. The van der Waals surface area contributed by atoms with Crippen molar-refractivity contribution < 1.29 is 28.6 Å². The van der Waals surface area contributed by atoms with E-state index in [4.69, 9.17) is 14.2 Å². The Morgan fingerprint density at radius 2 is 0.520 bits per heavy atom. The number of carbonyl (C=O) groups excluding carboxylic acids is 3. The van der Waals surface area contributed by atoms with Crippen molar-refractivity contribution >= 4 is 17.9 Å². The Morgan fingerprint density at radius 3 is 0.813 bits per heavy atom. The van der Waals surface area contributed by atoms with Crippen LogP contribution in [0.25, 0.3) is 0 Å². The SMILES string of the molecule is CC/C=C\C/C=C\C/C=C\C/C=C\C/C=C\C/C=C\CCCCCCCCC(=O)OCC(COC(=O)CCCCCCC/C=C\C/C=C\CCC)OC(=O)CCCCCCCC/C=C\C/C=C\C/C=C\C/C=C\CC. The van der Waals surface area contributed by atoms with Crippen molar-refractivity contribution in [2.45, 2.75) is 258 Å². The summed E-state index contributed by atoms with van der Waals surface area (Å²) >= 11 is 0. The van der Waals surface area contributed by atoms with E-state index >= 15 is 0 Å². The van der Waals surface area contributed by atoms with Gasteiger partial charge < -0.3 is 14.2 Å². The molecule has 0 aromatic carbocycles. The smallest absolute Gasteiger partial charge is 0.306 e. The van der Waals surface area contributed by atoms with Crippen molar-refractivity contribution in [3.8, 4) is 0 Å². The summed E-state index contributed by atoms with van der Waals surface area (Å²) in [6, 6.07) is 0. The lowest BCUT2D eigenvalue weighted by Crippen LogP contribution is -2.30. The third-order valence-electron chi connectivity index (χ3n) is 12.3. The van der Waals surface area contributed by atoms with Gasteiger partial charge in [0.2, 0.25) is 0 Å². The summed E-state index contributed by atoms with van der Waals surface area (Å²) in [5, 5.41) is 0. The Morgan fingerprint density at radius 1 is 0.280 bits per heavy atom. The van der Waals surface area contributed by atoms with Crippen LogP contribution in [0.5, 0.6) is 0 Å². The second kappa shape index (κ2) is 61.8. The summed E-state index contributed by atoms with van der Waals surface area (Å²) in [5.41, 5.74) is 0. The molecule has 0 aliphatic carbocycles. The first kappa shape index (κ1) is 70.3. The molecule has 0 aromatic heterocycles. The Bertz CT molecular complexity index is 1660. The Kier molecular flexibility index (Phi) is 58.0. The van der Waals surface area contributed by atoms with E-state index in [2.05, 4.69) is 167 Å². The van der Waals surface area contributed by atoms with E-state index in [1.807, 2.05) is 0 Å². The van der Waals surface area contributed by atoms with Crippen molar-refractivity contribution in [1.29, 1.82) is 0 Å². The summed E-state index contributed by atoms with van der Waals surface area (Å²) in [4.78, 5) is 38.2. The monoisotopic (exact) mass is 1030 g/mol. The first-order valence-electron chi connectivity index (χ1n) is 30.3. The fourth-order valence-electron chi connectivity index (χ4n) is 7.83. The van der Waals surface area contributed by atoms with Gasteiger partial charge in [0, 0.05) is 19.3 Å². The van der Waals surface area contributed by atoms with Gasteiger partial charge in [-0.05, 0) is 135 Å². The molecule has 0 aliphatic rings. The number of rotatable bonds is 53. The Hall–Kier alpha value is -4.71. The molecule has 0 fully saturated rings. The predicted molar refractivity (Wildman–Crippen MR) is 325 cm³/mol. The maximum Gasteiger partial charge on any atom is 0.306 e. The molecule has 0 saturated carbocycles. The van der Waals surface area contributed by atoms with Crippen LogP contribution in [-0.4, -0.2) is 37.2 Å². The van der Waals surface area contributed by atoms with Gasteiger partial charge in [0.15, 0.2) is 6.10 Å². The fraction of sp³-hybridized carbons (Fsp3) is 0.609. The van der Waals surface area contributed by atoms with Gasteiger partial charge in [0.1, 0.15) is 13.2 Å². The van der Waals surface area contributed by atoms with Crippen molar-refractivity contribution in [3.63, 3.8) is 0 Å². The normalized spacial score (nSPS) is 13.2. The van der Waals surface area contributed by atoms with E-state index in [0.717, 1.165) is 180 Å². The highest BCUT2D eigenvalue weighted by Crippen LogP contribution is 2.14. The van der Waals surface area contributed by atoms with Crippen LogP contribution in [0.2, 0.25) is 0 Å². The molecule has 75 heavy (non-hydrogen) atoms. The van der Waals surface area contributed by atoms with Crippen LogP contribution in [0.3, 0.4) is 0 Å². The van der Waals surface area contributed by atoms with E-state index in [9.17, 15) is 14.4 Å². The number of allylic oxidation sites excluding steroid dienone is 24. The van der Waals surface area contributed by atoms with E-state index < -0.39 is 6.10 Å². The van der Waals surface area contributed by atoms with Crippen molar-refractivity contribution in [3.05, 3.63) is 146 Å². The quantitative estimate of drug-likeness (QED) is 0.0261. The molecule has 0 aliphatic heterocycles. The van der Waals surface area contributed by atoms with Crippen molar-refractivity contribution in [1.82, 2.24) is 0 Å². The molecular formula is C69H110O6. The minimum absolute atomic E-state index is 0.102. The highest BCUT2D eigenvalue weighted by Gasteiger charge is 2.19. The van der Waals surface area contributed by atoms with Crippen LogP contribution in [0.1, 0.15) is 252 Å². The molecule has 422 valence electrons. The van der Waals surface area contributed by atoms with Gasteiger partial charge in [0.05, 0.1) is 0 Å². The number of esters is 3. The minimum Gasteiger partial charge on any atom is -0.462 e. The molecule has 0 bridgehead atoms. The van der Waals surface area contributed by atoms with Crippen LogP contribution in [0, 0.1) is 0 Å². The van der Waals surface area contributed by atoms with Gasteiger partial charge >= 0.3 is 17.9 Å². The lowest BCUT2D eigenvalue weighted by atomic mass is 10.1. The maximum atomic E-state index is 12.9. The maximum absolute atomic E-state index is 12.9. The molecule has 1 unspecified atom stereocenters. The number of hydrogen-bond donors (Lipinski definition) is 0. The van der Waals surface area contributed by atoms with Gasteiger partial charge in [-0.1, -0.05) is 244 Å². The Balaban J connectivity index is 4.44. The standard InChI is InChI=1S/C69H110O6/c1-4-7-10-13-16-19-22-25-27-29-31-32-33-34-35-36-38-39-41-44-47-50-53-56-59-62-68(71)74-65-66(64-73-67(70)61-58-55-52-49-46-43-24-21-18-15-12-9-6-3)75-69(72)63-60-57-54-51-48-45-42-40-37-30-28-26-23-20-17-14-11-8-5-2/h7-8,10-12,15-17,19-21,24-28,31-32,34-35,37-40,66H,4-6,9,13-14,18,22-23,29-30,33,36,41-65H2,1-3H3/b10-7-,11-8-,15-12-,19-16-,20-17-,24-21-,27-25-,28-26-,32-31-,35-34-,39-38-,40-37-. The fourth-order valence-corrected chi connectivity index (χ4v) is 7.83. The highest BCUT2D eigenvalue weighted by atomic mass is 16.6. The molecule has 0 radical (unpaired) electrons. The number of unbranched alkanes of at least 4 members (excludes halogenated alkanes) is 18. The van der Waals surface area contributed by atoms with E-state index in [1.165, 1.54) is 32.1 Å². The van der Waals surface area contributed by atoms with Gasteiger partial charge in [0.25, 0.3) is 0 Å². The van der Waals surface area contributed by atoms with Crippen LogP contribution in [0.4, 0.5) is 0 Å². The number of ether oxygens (including phenoxy) is 3. The highest BCUT2D eigenvalue weighted by molar-refractivity contribution is 5.71. The minimum atomic E-state index is -0.805. The van der Waals surface area contributed by atoms with Gasteiger partial charge in [-0.25, -0.2) is 0 Å². The summed E-state index contributed by atoms with van der Waals surface area (Å²) in [6.07, 6.45) is 88.4. The molecule has 6 heteroatoms. The molecule has 0 spiro atoms. The van der Waals surface area contributed by atoms with E-state index in [1.54, 1.807) is 0 Å². The summed E-state index contributed by atoms with van der Waals surface area (Å²) in [6.45, 7) is 6.31. The average Bonchev–Trinajstić information content (AvgIpc) is 3.41. The van der Waals surface area contributed by atoms with Crippen LogP contribution in [0.15, 0.2) is 146 Å². The van der Waals surface area contributed by atoms with Gasteiger partial charge in [-0.3, -0.25) is 14.4 Å². The lowest BCUT2D eigenvalue weighted by molar-refractivity contribution is -0.167. The second-order valence-electron chi connectivity index (χ2n) is 19.5. The Labute approximate surface area is 461 Å². The van der Waals surface area contributed by atoms with Crippen LogP contribution in [-0.2, 0) is 28.6 Å². The van der Waals surface area contributed by atoms with E-state index in [0.29, 0.717) is 19.3 Å². The molecule has 1 atom stereocenters.